The minimum absolute atomic E-state index is 0.1000. The standard InChI is InChI=1S/C55H43N3O/c1-54(2)28-29-55(3,4)47-32-37(24-27-46(47)54)39-31-45(50-44-20-12-13-21-48(44)59-49(50)33-39)42-25-26-43(41-19-11-10-18-40(41)42)53-57-51(35-15-6-5-7-16-35)56-52(58-53)38-23-22-34-14-8-9-17-36(34)30-38/h5-27,30-33H,28-29H2,1-4H3. The Balaban J connectivity index is 1.13. The number of aromatic nitrogens is 3. The molecule has 0 saturated carbocycles. The van der Waals surface area contributed by atoms with Crippen molar-refractivity contribution in [3.63, 3.8) is 0 Å². The summed E-state index contributed by atoms with van der Waals surface area (Å²) in [6.45, 7) is 9.56. The third-order valence-corrected chi connectivity index (χ3v) is 12.8. The normalized spacial score (nSPS) is 14.6. The number of para-hydroxylation sites is 1. The number of rotatable bonds is 5. The van der Waals surface area contributed by atoms with Crippen molar-refractivity contribution in [3.05, 3.63) is 175 Å². The predicted octanol–water partition coefficient (Wildman–Crippen LogP) is 14.8. The van der Waals surface area contributed by atoms with Crippen LogP contribution in [-0.2, 0) is 10.8 Å². The molecule has 4 heteroatoms. The SMILES string of the molecule is CC1(C)CCC(C)(C)c2cc(-c3cc(-c4ccc(-c5nc(-c6ccccc6)nc(-c6ccc7ccccc7c6)n5)c5ccccc45)c4c(c3)oc3ccccc34)ccc21. The Bertz CT molecular complexity index is 3280. The molecule has 1 aliphatic carbocycles. The van der Waals surface area contributed by atoms with Crippen LogP contribution in [0.25, 0.3) is 99.9 Å². The van der Waals surface area contributed by atoms with Crippen LogP contribution in [-0.4, -0.2) is 15.0 Å². The topological polar surface area (TPSA) is 51.8 Å². The van der Waals surface area contributed by atoms with Crippen molar-refractivity contribution in [3.8, 4) is 56.4 Å². The second-order valence-corrected chi connectivity index (χ2v) is 17.5. The quantitative estimate of drug-likeness (QED) is 0.175. The van der Waals surface area contributed by atoms with Crippen LogP contribution in [0.2, 0.25) is 0 Å². The average molecular weight is 762 g/mol. The van der Waals surface area contributed by atoms with Gasteiger partial charge in [-0.05, 0) is 109 Å². The minimum Gasteiger partial charge on any atom is -0.456 e. The Hall–Kier alpha value is -6.91. The first-order valence-corrected chi connectivity index (χ1v) is 20.6. The summed E-state index contributed by atoms with van der Waals surface area (Å²) in [5.41, 5.74) is 12.4. The van der Waals surface area contributed by atoms with Gasteiger partial charge in [0, 0.05) is 27.5 Å². The first-order valence-electron chi connectivity index (χ1n) is 20.6. The van der Waals surface area contributed by atoms with Crippen LogP contribution in [0.3, 0.4) is 0 Å². The first-order chi connectivity index (χ1) is 28.7. The fourth-order valence-corrected chi connectivity index (χ4v) is 9.40. The summed E-state index contributed by atoms with van der Waals surface area (Å²) in [6, 6.07) is 58.2. The van der Waals surface area contributed by atoms with Gasteiger partial charge in [-0.15, -0.1) is 0 Å². The molecule has 1 aliphatic rings. The van der Waals surface area contributed by atoms with E-state index in [4.69, 9.17) is 19.4 Å². The molecule has 10 aromatic rings. The van der Waals surface area contributed by atoms with Gasteiger partial charge in [-0.3, -0.25) is 0 Å². The van der Waals surface area contributed by atoms with E-state index in [0.29, 0.717) is 17.5 Å². The van der Waals surface area contributed by atoms with Crippen LogP contribution in [0.1, 0.15) is 51.7 Å². The maximum atomic E-state index is 6.68. The highest BCUT2D eigenvalue weighted by Crippen LogP contribution is 2.48. The molecule has 11 rings (SSSR count). The lowest BCUT2D eigenvalue weighted by molar-refractivity contribution is 0.332. The third kappa shape index (κ3) is 5.93. The second-order valence-electron chi connectivity index (χ2n) is 17.5. The molecule has 2 heterocycles. The van der Waals surface area contributed by atoms with Gasteiger partial charge in [0.05, 0.1) is 0 Å². The van der Waals surface area contributed by atoms with E-state index < -0.39 is 0 Å². The third-order valence-electron chi connectivity index (χ3n) is 12.8. The summed E-state index contributed by atoms with van der Waals surface area (Å²) in [5.74, 6) is 1.92. The molecule has 59 heavy (non-hydrogen) atoms. The number of furan rings is 1. The molecule has 0 N–H and O–H groups in total. The predicted molar refractivity (Wildman–Crippen MR) is 245 cm³/mol. The fraction of sp³-hybridized carbons (Fsp3) is 0.145. The molecule has 8 aromatic carbocycles. The largest absolute Gasteiger partial charge is 0.456 e. The van der Waals surface area contributed by atoms with Crippen LogP contribution in [0.15, 0.2) is 168 Å². The summed E-state index contributed by atoms with van der Waals surface area (Å²) >= 11 is 0. The Morgan fingerprint density at radius 3 is 1.80 bits per heavy atom. The van der Waals surface area contributed by atoms with Gasteiger partial charge in [-0.25, -0.2) is 15.0 Å². The van der Waals surface area contributed by atoms with Crippen LogP contribution < -0.4 is 0 Å². The number of hydrogen-bond acceptors (Lipinski definition) is 4. The molecule has 0 saturated heterocycles. The lowest BCUT2D eigenvalue weighted by Gasteiger charge is -2.42. The maximum absolute atomic E-state index is 6.68. The number of fused-ring (bicyclic) bond motifs is 6. The highest BCUT2D eigenvalue weighted by molar-refractivity contribution is 6.17. The van der Waals surface area contributed by atoms with Gasteiger partial charge in [0.1, 0.15) is 11.2 Å². The molecule has 0 bridgehead atoms. The zero-order valence-electron chi connectivity index (χ0n) is 33.8. The zero-order chi connectivity index (χ0) is 39.9. The van der Waals surface area contributed by atoms with E-state index >= 15 is 0 Å². The van der Waals surface area contributed by atoms with Crippen molar-refractivity contribution in [2.45, 2.75) is 51.4 Å². The molecule has 0 unspecified atom stereocenters. The molecule has 284 valence electrons. The molecule has 4 nitrogen and oxygen atoms in total. The highest BCUT2D eigenvalue weighted by atomic mass is 16.3. The Morgan fingerprint density at radius 1 is 0.390 bits per heavy atom. The van der Waals surface area contributed by atoms with E-state index in [1.165, 1.54) is 34.9 Å². The molecule has 0 spiro atoms. The first kappa shape index (κ1) is 35.3. The van der Waals surface area contributed by atoms with E-state index in [0.717, 1.165) is 71.5 Å². The van der Waals surface area contributed by atoms with Gasteiger partial charge in [0.25, 0.3) is 0 Å². The van der Waals surface area contributed by atoms with Crippen molar-refractivity contribution in [2.75, 3.05) is 0 Å². The average Bonchev–Trinajstić information content (AvgIpc) is 3.66. The highest BCUT2D eigenvalue weighted by Gasteiger charge is 2.37. The Kier molecular flexibility index (Phi) is 7.96. The van der Waals surface area contributed by atoms with Gasteiger partial charge < -0.3 is 4.42 Å². The Morgan fingerprint density at radius 2 is 1.00 bits per heavy atom. The number of benzene rings is 8. The molecule has 2 aromatic heterocycles. The van der Waals surface area contributed by atoms with E-state index in [2.05, 4.69) is 167 Å². The van der Waals surface area contributed by atoms with Crippen LogP contribution in [0.4, 0.5) is 0 Å². The smallest absolute Gasteiger partial charge is 0.164 e. The van der Waals surface area contributed by atoms with Crippen molar-refractivity contribution < 1.29 is 4.42 Å². The van der Waals surface area contributed by atoms with Crippen LogP contribution in [0, 0.1) is 0 Å². The van der Waals surface area contributed by atoms with Gasteiger partial charge in [0.15, 0.2) is 17.5 Å². The molecule has 0 radical (unpaired) electrons. The van der Waals surface area contributed by atoms with E-state index in [-0.39, 0.29) is 10.8 Å². The van der Waals surface area contributed by atoms with Gasteiger partial charge in [-0.2, -0.15) is 0 Å². The lowest BCUT2D eigenvalue weighted by atomic mass is 9.63. The van der Waals surface area contributed by atoms with E-state index in [9.17, 15) is 0 Å². The molecule has 0 fully saturated rings. The minimum atomic E-state index is 0.1000. The van der Waals surface area contributed by atoms with Crippen LogP contribution >= 0.6 is 0 Å². The monoisotopic (exact) mass is 761 g/mol. The van der Waals surface area contributed by atoms with Gasteiger partial charge in [-0.1, -0.05) is 161 Å². The summed E-state index contributed by atoms with van der Waals surface area (Å²) in [7, 11) is 0. The summed E-state index contributed by atoms with van der Waals surface area (Å²) < 4.78 is 6.68. The summed E-state index contributed by atoms with van der Waals surface area (Å²) in [6.07, 6.45) is 2.35. The van der Waals surface area contributed by atoms with Gasteiger partial charge >= 0.3 is 0 Å². The summed E-state index contributed by atoms with van der Waals surface area (Å²) in [4.78, 5) is 15.4. The van der Waals surface area contributed by atoms with Crippen molar-refractivity contribution in [1.29, 1.82) is 0 Å². The van der Waals surface area contributed by atoms with Crippen molar-refractivity contribution in [2.24, 2.45) is 0 Å². The molecule has 0 aliphatic heterocycles. The van der Waals surface area contributed by atoms with Crippen LogP contribution in [0.5, 0.6) is 0 Å². The molecule has 0 atom stereocenters. The number of hydrogen-bond donors (Lipinski definition) is 0. The number of nitrogens with zero attached hydrogens (tertiary/aromatic N) is 3. The fourth-order valence-electron chi connectivity index (χ4n) is 9.40. The van der Waals surface area contributed by atoms with Crippen molar-refractivity contribution >= 4 is 43.5 Å². The van der Waals surface area contributed by atoms with Crippen molar-refractivity contribution in [1.82, 2.24) is 15.0 Å². The summed E-state index contributed by atoms with van der Waals surface area (Å²) in [5, 5.41) is 6.74. The molecule has 0 amide bonds. The maximum Gasteiger partial charge on any atom is 0.164 e. The Labute approximate surface area is 344 Å². The lowest BCUT2D eigenvalue weighted by Crippen LogP contribution is -2.33. The van der Waals surface area contributed by atoms with E-state index in [1.54, 1.807) is 0 Å². The van der Waals surface area contributed by atoms with Gasteiger partial charge in [0.2, 0.25) is 0 Å². The van der Waals surface area contributed by atoms with E-state index in [1.807, 2.05) is 24.3 Å². The zero-order valence-corrected chi connectivity index (χ0v) is 33.8. The molecular weight excluding hydrogens is 719 g/mol. The second kappa shape index (κ2) is 13.3. The molecular formula is C55H43N3O.